The Bertz CT molecular complexity index is 646. The van der Waals surface area contributed by atoms with Crippen LogP contribution in [-0.4, -0.2) is 51.1 Å². The molecule has 2 fully saturated rings. The van der Waals surface area contributed by atoms with Gasteiger partial charge in [-0.2, -0.15) is 0 Å². The molecule has 1 heterocycles. The number of nitrogens with one attached hydrogen (secondary N) is 1. The predicted molar refractivity (Wildman–Crippen MR) is 88.3 cm³/mol. The predicted octanol–water partition coefficient (Wildman–Crippen LogP) is 2.38. The third kappa shape index (κ3) is 4.12. The number of halogens is 1. The topological polar surface area (TPSA) is 109 Å². The third-order valence-electron chi connectivity index (χ3n) is 4.54. The van der Waals surface area contributed by atoms with Gasteiger partial charge in [0.05, 0.1) is 16.5 Å². The van der Waals surface area contributed by atoms with Crippen molar-refractivity contribution < 1.29 is 14.8 Å². The summed E-state index contributed by atoms with van der Waals surface area (Å²) in [5.41, 5.74) is -0.144. The second kappa shape index (κ2) is 6.90. The van der Waals surface area contributed by atoms with Crippen LogP contribution >= 0.6 is 11.6 Å². The molecule has 0 atom stereocenters. The molecule has 0 amide bonds. The summed E-state index contributed by atoms with van der Waals surface area (Å²) in [6, 6.07) is 1.67. The number of aromatic nitrogens is 1. The summed E-state index contributed by atoms with van der Waals surface area (Å²) in [7, 11) is 0. The van der Waals surface area contributed by atoms with Crippen LogP contribution in [0.2, 0.25) is 5.02 Å². The Hall–Kier alpha value is -1.93. The second-order valence-corrected chi connectivity index (χ2v) is 6.92. The Labute approximate surface area is 144 Å². The van der Waals surface area contributed by atoms with Gasteiger partial charge in [0.15, 0.2) is 0 Å². The van der Waals surface area contributed by atoms with Crippen molar-refractivity contribution >= 4 is 29.1 Å². The number of carbonyl (C=O) groups is 1. The normalized spacial score (nSPS) is 22.9. The van der Waals surface area contributed by atoms with Crippen molar-refractivity contribution in [2.75, 3.05) is 18.4 Å². The summed E-state index contributed by atoms with van der Waals surface area (Å²) in [6.07, 6.45) is 5.18. The number of pyridine rings is 1. The molecular formula is C15H19ClN4O4. The van der Waals surface area contributed by atoms with Gasteiger partial charge in [-0.05, 0) is 31.6 Å². The van der Waals surface area contributed by atoms with E-state index in [1.807, 2.05) is 4.90 Å². The van der Waals surface area contributed by atoms with Gasteiger partial charge in [0, 0.05) is 24.7 Å². The number of carboxylic acids is 1. The van der Waals surface area contributed by atoms with Crippen LogP contribution in [0.4, 0.5) is 11.5 Å². The molecule has 130 valence electrons. The molecule has 2 N–H and O–H groups in total. The largest absolute Gasteiger partial charge is 0.480 e. The molecule has 2 saturated carbocycles. The van der Waals surface area contributed by atoms with E-state index in [2.05, 4.69) is 10.3 Å². The van der Waals surface area contributed by atoms with Crippen molar-refractivity contribution in [2.24, 2.45) is 5.92 Å². The van der Waals surface area contributed by atoms with Gasteiger partial charge in [-0.3, -0.25) is 19.8 Å². The van der Waals surface area contributed by atoms with Gasteiger partial charge < -0.3 is 10.4 Å². The van der Waals surface area contributed by atoms with Crippen LogP contribution in [0.15, 0.2) is 12.3 Å². The van der Waals surface area contributed by atoms with E-state index in [1.54, 1.807) is 0 Å². The van der Waals surface area contributed by atoms with Gasteiger partial charge in [0.25, 0.3) is 5.69 Å². The molecule has 1 aromatic rings. The van der Waals surface area contributed by atoms with E-state index in [1.165, 1.54) is 25.1 Å². The fourth-order valence-electron chi connectivity index (χ4n) is 2.98. The fourth-order valence-corrected chi connectivity index (χ4v) is 3.19. The Morgan fingerprint density at radius 1 is 1.50 bits per heavy atom. The summed E-state index contributed by atoms with van der Waals surface area (Å²) in [6.45, 7) is 0.921. The van der Waals surface area contributed by atoms with Crippen LogP contribution in [-0.2, 0) is 4.79 Å². The zero-order valence-corrected chi connectivity index (χ0v) is 13.8. The summed E-state index contributed by atoms with van der Waals surface area (Å²) in [5, 5.41) is 23.1. The van der Waals surface area contributed by atoms with Crippen LogP contribution in [0.25, 0.3) is 0 Å². The minimum absolute atomic E-state index is 0.0738. The third-order valence-corrected chi connectivity index (χ3v) is 4.82. The average Bonchev–Trinajstić information content (AvgIpc) is 3.26. The van der Waals surface area contributed by atoms with Crippen molar-refractivity contribution in [1.29, 1.82) is 0 Å². The van der Waals surface area contributed by atoms with Crippen LogP contribution in [0, 0.1) is 16.0 Å². The number of hydrogen-bond donors (Lipinski definition) is 2. The maximum absolute atomic E-state index is 11.0. The molecule has 2 aliphatic rings. The number of anilines is 1. The first-order chi connectivity index (χ1) is 11.4. The summed E-state index contributed by atoms with van der Waals surface area (Å²) in [4.78, 5) is 27.2. The number of hydrogen-bond acceptors (Lipinski definition) is 6. The minimum Gasteiger partial charge on any atom is -0.480 e. The molecule has 0 aliphatic heterocycles. The first-order valence-corrected chi connectivity index (χ1v) is 8.32. The standard InChI is InChI=1S/C15H19ClN4O4/c16-13-5-12(20(23)24)6-17-15(13)18-10-3-11(4-10)19(8-14(21)22)7-9-1-2-9/h5-6,9-11H,1-4,7-8H2,(H,17,18)(H,21,22). The van der Waals surface area contributed by atoms with Crippen LogP contribution in [0.5, 0.6) is 0 Å². The SMILES string of the molecule is O=C(O)CN(CC1CC1)C1CC(Nc2ncc([N+](=O)[O-])cc2Cl)C1. The van der Waals surface area contributed by atoms with Gasteiger partial charge in [-0.25, -0.2) is 4.98 Å². The molecular weight excluding hydrogens is 336 g/mol. The molecule has 0 spiro atoms. The van der Waals surface area contributed by atoms with Crippen molar-refractivity contribution in [3.63, 3.8) is 0 Å². The number of nitrogens with zero attached hydrogens (tertiary/aromatic N) is 3. The summed E-state index contributed by atoms with van der Waals surface area (Å²) < 4.78 is 0. The lowest BCUT2D eigenvalue weighted by Crippen LogP contribution is -2.52. The highest BCUT2D eigenvalue weighted by atomic mass is 35.5. The molecule has 8 nitrogen and oxygen atoms in total. The van der Waals surface area contributed by atoms with E-state index >= 15 is 0 Å². The number of carboxylic acid groups (broad SMARTS) is 1. The van der Waals surface area contributed by atoms with E-state index in [0.717, 1.165) is 19.4 Å². The Morgan fingerprint density at radius 2 is 2.21 bits per heavy atom. The highest BCUT2D eigenvalue weighted by Crippen LogP contribution is 2.35. The van der Waals surface area contributed by atoms with Crippen molar-refractivity contribution in [3.05, 3.63) is 27.4 Å². The molecule has 0 bridgehead atoms. The van der Waals surface area contributed by atoms with Crippen LogP contribution in [0.3, 0.4) is 0 Å². The van der Waals surface area contributed by atoms with Gasteiger partial charge >= 0.3 is 5.97 Å². The van der Waals surface area contributed by atoms with E-state index in [4.69, 9.17) is 16.7 Å². The smallest absolute Gasteiger partial charge is 0.317 e. The van der Waals surface area contributed by atoms with Gasteiger partial charge in [-0.1, -0.05) is 11.6 Å². The molecule has 9 heteroatoms. The summed E-state index contributed by atoms with van der Waals surface area (Å²) in [5.74, 6) is 0.270. The Morgan fingerprint density at radius 3 is 2.75 bits per heavy atom. The van der Waals surface area contributed by atoms with Crippen LogP contribution in [0.1, 0.15) is 25.7 Å². The molecule has 0 unspecified atom stereocenters. The highest BCUT2D eigenvalue weighted by molar-refractivity contribution is 6.33. The summed E-state index contributed by atoms with van der Waals surface area (Å²) >= 11 is 6.03. The molecule has 1 aromatic heterocycles. The van der Waals surface area contributed by atoms with E-state index < -0.39 is 10.9 Å². The first-order valence-electron chi connectivity index (χ1n) is 7.94. The fraction of sp³-hybridized carbons (Fsp3) is 0.600. The van der Waals surface area contributed by atoms with Crippen molar-refractivity contribution in [3.8, 4) is 0 Å². The monoisotopic (exact) mass is 354 g/mol. The molecule has 0 aromatic carbocycles. The molecule has 3 rings (SSSR count). The highest BCUT2D eigenvalue weighted by Gasteiger charge is 2.37. The maximum atomic E-state index is 11.0. The number of rotatable bonds is 8. The zero-order chi connectivity index (χ0) is 17.3. The second-order valence-electron chi connectivity index (χ2n) is 6.51. The first kappa shape index (κ1) is 16.9. The quantitative estimate of drug-likeness (QED) is 0.545. The van der Waals surface area contributed by atoms with Gasteiger partial charge in [-0.15, -0.1) is 0 Å². The minimum atomic E-state index is -0.799. The molecule has 2 aliphatic carbocycles. The van der Waals surface area contributed by atoms with Gasteiger partial charge in [0.1, 0.15) is 12.0 Å². The molecule has 0 radical (unpaired) electrons. The van der Waals surface area contributed by atoms with Crippen molar-refractivity contribution in [2.45, 2.75) is 37.8 Å². The lowest BCUT2D eigenvalue weighted by Gasteiger charge is -2.43. The Balaban J connectivity index is 1.54. The van der Waals surface area contributed by atoms with Gasteiger partial charge in [0.2, 0.25) is 0 Å². The molecule has 24 heavy (non-hydrogen) atoms. The number of aliphatic carboxylic acids is 1. The average molecular weight is 355 g/mol. The Kier molecular flexibility index (Phi) is 4.86. The maximum Gasteiger partial charge on any atom is 0.317 e. The van der Waals surface area contributed by atoms with E-state index in [0.29, 0.717) is 11.7 Å². The van der Waals surface area contributed by atoms with Crippen LogP contribution < -0.4 is 5.32 Å². The van der Waals surface area contributed by atoms with E-state index in [9.17, 15) is 14.9 Å². The zero-order valence-electron chi connectivity index (χ0n) is 13.0. The lowest BCUT2D eigenvalue weighted by molar-refractivity contribution is -0.385. The van der Waals surface area contributed by atoms with E-state index in [-0.39, 0.29) is 29.3 Å². The lowest BCUT2D eigenvalue weighted by atomic mass is 9.85. The molecule has 0 saturated heterocycles. The number of nitro groups is 1. The van der Waals surface area contributed by atoms with Crippen molar-refractivity contribution in [1.82, 2.24) is 9.88 Å².